The Morgan fingerprint density at radius 3 is 2.53 bits per heavy atom. The van der Waals surface area contributed by atoms with Gasteiger partial charge in [0.05, 0.1) is 19.6 Å². The second-order valence-corrected chi connectivity index (χ2v) is 4.69. The monoisotopic (exact) mass is 251 g/mol. The van der Waals surface area contributed by atoms with E-state index >= 15 is 0 Å². The second-order valence-electron chi connectivity index (χ2n) is 4.69. The molecular weight excluding hydrogens is 234 g/mol. The molecule has 96 valence electrons. The first-order valence-electron chi connectivity index (χ1n) is 6.27. The van der Waals surface area contributed by atoms with Gasteiger partial charge in [0, 0.05) is 5.56 Å². The quantitative estimate of drug-likeness (QED) is 0.824. The molecular formula is C17H17NO. The molecule has 2 nitrogen and oxygen atoms in total. The smallest absolute Gasteiger partial charge is 0.127 e. The molecule has 2 heteroatoms. The van der Waals surface area contributed by atoms with Gasteiger partial charge >= 0.3 is 0 Å². The molecule has 2 rings (SSSR count). The fraction of sp³-hybridized carbons (Fsp3) is 0.235. The van der Waals surface area contributed by atoms with E-state index in [4.69, 9.17) is 10.00 Å². The van der Waals surface area contributed by atoms with Crippen LogP contribution in [0.4, 0.5) is 0 Å². The van der Waals surface area contributed by atoms with E-state index in [1.807, 2.05) is 18.2 Å². The number of methoxy groups -OCH3 is 1. The minimum atomic E-state index is 0.406. The van der Waals surface area contributed by atoms with Crippen molar-refractivity contribution in [1.29, 1.82) is 5.26 Å². The van der Waals surface area contributed by atoms with E-state index in [0.717, 1.165) is 16.9 Å². The third kappa shape index (κ3) is 2.77. The predicted octanol–water partition coefficient (Wildman–Crippen LogP) is 4.05. The maximum atomic E-state index is 8.76. The van der Waals surface area contributed by atoms with Crippen LogP contribution in [-0.2, 0) is 6.42 Å². The Kier molecular flexibility index (Phi) is 3.87. The van der Waals surface area contributed by atoms with Gasteiger partial charge in [-0.25, -0.2) is 0 Å². The SMILES string of the molecule is COc1cc(CC#N)ccc1-c1cc(C)ccc1C. The van der Waals surface area contributed by atoms with Crippen molar-refractivity contribution in [3.63, 3.8) is 0 Å². The lowest BCUT2D eigenvalue weighted by atomic mass is 9.96. The summed E-state index contributed by atoms with van der Waals surface area (Å²) in [6.45, 7) is 4.18. The molecule has 0 aromatic heterocycles. The summed E-state index contributed by atoms with van der Waals surface area (Å²) in [5.74, 6) is 0.821. The average Bonchev–Trinajstić information content (AvgIpc) is 2.42. The Balaban J connectivity index is 2.56. The minimum Gasteiger partial charge on any atom is -0.496 e. The summed E-state index contributed by atoms with van der Waals surface area (Å²) < 4.78 is 5.47. The van der Waals surface area contributed by atoms with Gasteiger partial charge in [0.25, 0.3) is 0 Å². The van der Waals surface area contributed by atoms with Crippen LogP contribution < -0.4 is 4.74 Å². The van der Waals surface area contributed by atoms with Gasteiger partial charge in [0.2, 0.25) is 0 Å². The standard InChI is InChI=1S/C17H17NO/c1-12-4-5-13(2)16(10-12)15-7-6-14(8-9-18)11-17(15)19-3/h4-7,10-11H,8H2,1-3H3. The number of nitrogens with zero attached hydrogens (tertiary/aromatic N) is 1. The zero-order valence-corrected chi connectivity index (χ0v) is 11.5. The molecule has 0 aliphatic rings. The average molecular weight is 251 g/mol. The van der Waals surface area contributed by atoms with Crippen molar-refractivity contribution in [1.82, 2.24) is 0 Å². The first kappa shape index (κ1) is 13.2. The summed E-state index contributed by atoms with van der Waals surface area (Å²) >= 11 is 0. The molecule has 0 saturated heterocycles. The molecule has 0 heterocycles. The number of hydrogen-bond donors (Lipinski definition) is 0. The minimum absolute atomic E-state index is 0.406. The van der Waals surface area contributed by atoms with Crippen LogP contribution in [0.5, 0.6) is 5.75 Å². The zero-order chi connectivity index (χ0) is 13.8. The molecule has 0 unspecified atom stereocenters. The number of nitriles is 1. The number of benzene rings is 2. The van der Waals surface area contributed by atoms with Crippen LogP contribution in [-0.4, -0.2) is 7.11 Å². The van der Waals surface area contributed by atoms with Gasteiger partial charge in [-0.15, -0.1) is 0 Å². The van der Waals surface area contributed by atoms with Crippen molar-refractivity contribution in [3.05, 3.63) is 53.1 Å². The molecule has 2 aromatic rings. The normalized spacial score (nSPS) is 10.0. The van der Waals surface area contributed by atoms with Crippen molar-refractivity contribution in [2.45, 2.75) is 20.3 Å². The number of hydrogen-bond acceptors (Lipinski definition) is 2. The number of ether oxygens (including phenoxy) is 1. The Bertz CT molecular complexity index is 638. The fourth-order valence-corrected chi connectivity index (χ4v) is 2.19. The van der Waals surface area contributed by atoms with E-state index in [1.165, 1.54) is 16.7 Å². The van der Waals surface area contributed by atoms with Gasteiger partial charge in [-0.3, -0.25) is 0 Å². The van der Waals surface area contributed by atoms with Gasteiger partial charge < -0.3 is 4.74 Å². The Morgan fingerprint density at radius 1 is 1.05 bits per heavy atom. The summed E-state index contributed by atoms with van der Waals surface area (Å²) in [4.78, 5) is 0. The summed E-state index contributed by atoms with van der Waals surface area (Å²) in [6, 6.07) is 14.5. The van der Waals surface area contributed by atoms with E-state index < -0.39 is 0 Å². The number of aryl methyl sites for hydroxylation is 2. The molecule has 0 aliphatic heterocycles. The molecule has 0 aliphatic carbocycles. The summed E-state index contributed by atoms with van der Waals surface area (Å²) in [7, 11) is 1.67. The summed E-state index contributed by atoms with van der Waals surface area (Å²) in [6.07, 6.45) is 0.406. The van der Waals surface area contributed by atoms with E-state index in [0.29, 0.717) is 6.42 Å². The summed E-state index contributed by atoms with van der Waals surface area (Å²) in [5, 5.41) is 8.76. The molecule has 0 spiro atoms. The van der Waals surface area contributed by atoms with E-state index in [1.54, 1.807) is 7.11 Å². The lowest BCUT2D eigenvalue weighted by Gasteiger charge is -2.13. The van der Waals surface area contributed by atoms with Crippen molar-refractivity contribution in [3.8, 4) is 22.9 Å². The summed E-state index contributed by atoms with van der Waals surface area (Å²) in [5.41, 5.74) is 5.68. The molecule has 2 aromatic carbocycles. The van der Waals surface area contributed by atoms with Crippen LogP contribution in [0.3, 0.4) is 0 Å². The van der Waals surface area contributed by atoms with E-state index in [9.17, 15) is 0 Å². The molecule has 19 heavy (non-hydrogen) atoms. The fourth-order valence-electron chi connectivity index (χ4n) is 2.19. The third-order valence-electron chi connectivity index (χ3n) is 3.23. The predicted molar refractivity (Wildman–Crippen MR) is 77.2 cm³/mol. The molecule has 0 atom stereocenters. The maximum Gasteiger partial charge on any atom is 0.127 e. The van der Waals surface area contributed by atoms with Gasteiger partial charge in [-0.1, -0.05) is 35.9 Å². The lowest BCUT2D eigenvalue weighted by Crippen LogP contribution is -1.93. The largest absolute Gasteiger partial charge is 0.496 e. The second kappa shape index (κ2) is 5.58. The molecule has 0 N–H and O–H groups in total. The molecule has 0 bridgehead atoms. The highest BCUT2D eigenvalue weighted by atomic mass is 16.5. The molecule has 0 fully saturated rings. The Morgan fingerprint density at radius 2 is 1.84 bits per heavy atom. The van der Waals surface area contributed by atoms with E-state index in [-0.39, 0.29) is 0 Å². The van der Waals surface area contributed by atoms with Crippen LogP contribution in [0.15, 0.2) is 36.4 Å². The first-order chi connectivity index (χ1) is 9.15. The van der Waals surface area contributed by atoms with Crippen molar-refractivity contribution >= 4 is 0 Å². The van der Waals surface area contributed by atoms with Gasteiger partial charge in [0.1, 0.15) is 5.75 Å². The maximum absolute atomic E-state index is 8.76. The number of rotatable bonds is 3. The molecule has 0 radical (unpaired) electrons. The van der Waals surface area contributed by atoms with Crippen LogP contribution in [0.1, 0.15) is 16.7 Å². The van der Waals surface area contributed by atoms with Crippen molar-refractivity contribution in [2.75, 3.05) is 7.11 Å². The lowest BCUT2D eigenvalue weighted by molar-refractivity contribution is 0.416. The van der Waals surface area contributed by atoms with Crippen molar-refractivity contribution in [2.24, 2.45) is 0 Å². The van der Waals surface area contributed by atoms with Gasteiger partial charge in [0.15, 0.2) is 0 Å². The Hall–Kier alpha value is -2.27. The highest BCUT2D eigenvalue weighted by molar-refractivity contribution is 5.74. The first-order valence-corrected chi connectivity index (χ1v) is 6.27. The van der Waals surface area contributed by atoms with Crippen LogP contribution in [0, 0.1) is 25.2 Å². The Labute approximate surface area is 114 Å². The molecule has 0 saturated carbocycles. The van der Waals surface area contributed by atoms with Crippen LogP contribution in [0.25, 0.3) is 11.1 Å². The van der Waals surface area contributed by atoms with Gasteiger partial charge in [-0.2, -0.15) is 5.26 Å². The highest BCUT2D eigenvalue weighted by Crippen LogP contribution is 2.33. The molecule has 0 amide bonds. The third-order valence-corrected chi connectivity index (χ3v) is 3.23. The van der Waals surface area contributed by atoms with E-state index in [2.05, 4.69) is 38.1 Å². The highest BCUT2D eigenvalue weighted by Gasteiger charge is 2.09. The van der Waals surface area contributed by atoms with Gasteiger partial charge in [-0.05, 0) is 36.6 Å². The topological polar surface area (TPSA) is 33.0 Å². The van der Waals surface area contributed by atoms with Crippen LogP contribution in [0.2, 0.25) is 0 Å². The van der Waals surface area contributed by atoms with Crippen molar-refractivity contribution < 1.29 is 4.74 Å². The zero-order valence-electron chi connectivity index (χ0n) is 11.5. The van der Waals surface area contributed by atoms with Crippen LogP contribution >= 0.6 is 0 Å².